The summed E-state index contributed by atoms with van der Waals surface area (Å²) >= 11 is 0. The minimum atomic E-state index is -2.02. The highest BCUT2D eigenvalue weighted by atomic mass is 16.4. The van der Waals surface area contributed by atoms with Crippen LogP contribution in [0.15, 0.2) is 0 Å². The Morgan fingerprint density at radius 2 is 1.71 bits per heavy atom. The third kappa shape index (κ3) is 3.01. The van der Waals surface area contributed by atoms with Gasteiger partial charge in [0.25, 0.3) is 5.91 Å². The Kier molecular flexibility index (Phi) is 5.20. The molecule has 4 atom stereocenters. The second kappa shape index (κ2) is 5.62. The first kappa shape index (κ1) is 12.9. The van der Waals surface area contributed by atoms with Gasteiger partial charge < -0.3 is 25.2 Å². The Hall–Kier alpha value is -1.06. The average Bonchev–Trinajstić information content (AvgIpc) is 2.23. The average molecular weight is 208 g/mol. The number of hydrogen-bond acceptors (Lipinski definition) is 7. The van der Waals surface area contributed by atoms with Crippen LogP contribution in [0.5, 0.6) is 0 Å². The van der Waals surface area contributed by atoms with Crippen LogP contribution in [0.4, 0.5) is 0 Å². The Balaban J connectivity index is 4.37. The fraction of sp³-hybridized carbons (Fsp3) is 0.667. The van der Waals surface area contributed by atoms with Crippen molar-refractivity contribution in [1.82, 2.24) is 5.43 Å². The summed E-state index contributed by atoms with van der Waals surface area (Å²) in [5, 5.41) is 35.8. The van der Waals surface area contributed by atoms with E-state index in [9.17, 15) is 9.59 Å². The first-order valence-electron chi connectivity index (χ1n) is 3.63. The van der Waals surface area contributed by atoms with E-state index in [0.717, 1.165) is 0 Å². The Labute approximate surface area is 78.9 Å². The van der Waals surface area contributed by atoms with E-state index in [1.807, 2.05) is 0 Å². The minimum Gasteiger partial charge on any atom is -0.387 e. The van der Waals surface area contributed by atoms with Gasteiger partial charge in [0.15, 0.2) is 12.4 Å². The van der Waals surface area contributed by atoms with Gasteiger partial charge in [-0.05, 0) is 0 Å². The molecule has 0 heterocycles. The molecule has 0 aromatic rings. The standard InChI is InChI=1S/C6H12N2O6/c7-8-6(14)5(13)4(12)3(11)2(10)1-9/h1-5,10-13H,7H2,(H,8,14)/t2-,3+,4-,5-/m0/s1. The summed E-state index contributed by atoms with van der Waals surface area (Å²) in [6, 6.07) is 0. The molecule has 7 N–H and O–H groups in total. The van der Waals surface area contributed by atoms with Crippen LogP contribution in [0.25, 0.3) is 0 Å². The summed E-state index contributed by atoms with van der Waals surface area (Å²) in [5.41, 5.74) is 1.53. The summed E-state index contributed by atoms with van der Waals surface area (Å²) in [4.78, 5) is 20.6. The second-order valence-electron chi connectivity index (χ2n) is 2.56. The van der Waals surface area contributed by atoms with Gasteiger partial charge in [-0.15, -0.1) is 0 Å². The molecular weight excluding hydrogens is 196 g/mol. The van der Waals surface area contributed by atoms with Gasteiger partial charge in [-0.2, -0.15) is 0 Å². The minimum absolute atomic E-state index is 0.0407. The molecule has 0 saturated carbocycles. The summed E-state index contributed by atoms with van der Waals surface area (Å²) < 4.78 is 0. The molecule has 82 valence electrons. The maximum atomic E-state index is 10.6. The van der Waals surface area contributed by atoms with Crippen LogP contribution in [0, 0.1) is 0 Å². The summed E-state index contributed by atoms with van der Waals surface area (Å²) in [5.74, 6) is 3.49. The van der Waals surface area contributed by atoms with Gasteiger partial charge in [-0.1, -0.05) is 0 Å². The Morgan fingerprint density at radius 1 is 1.21 bits per heavy atom. The first-order chi connectivity index (χ1) is 6.45. The quantitative estimate of drug-likeness (QED) is 0.115. The summed E-state index contributed by atoms with van der Waals surface area (Å²) in [6.45, 7) is 0. The molecule has 0 spiro atoms. The zero-order valence-electron chi connectivity index (χ0n) is 7.07. The third-order valence-corrected chi connectivity index (χ3v) is 1.57. The largest absolute Gasteiger partial charge is 0.387 e. The number of rotatable bonds is 5. The number of aliphatic hydroxyl groups is 4. The van der Waals surface area contributed by atoms with E-state index in [-0.39, 0.29) is 6.29 Å². The van der Waals surface area contributed by atoms with Crippen molar-refractivity contribution in [2.75, 3.05) is 0 Å². The van der Waals surface area contributed by atoms with Gasteiger partial charge in [-0.3, -0.25) is 10.2 Å². The zero-order valence-corrected chi connectivity index (χ0v) is 7.07. The number of amides is 1. The normalized spacial score (nSPS) is 19.2. The molecule has 0 bridgehead atoms. The van der Waals surface area contributed by atoms with E-state index >= 15 is 0 Å². The molecular formula is C6H12N2O6. The molecule has 0 aliphatic heterocycles. The van der Waals surface area contributed by atoms with E-state index in [1.54, 1.807) is 0 Å². The van der Waals surface area contributed by atoms with Gasteiger partial charge in [0, 0.05) is 0 Å². The van der Waals surface area contributed by atoms with Crippen LogP contribution in [-0.2, 0) is 9.59 Å². The van der Waals surface area contributed by atoms with Crippen molar-refractivity contribution in [2.45, 2.75) is 24.4 Å². The second-order valence-corrected chi connectivity index (χ2v) is 2.56. The lowest BCUT2D eigenvalue weighted by Crippen LogP contribution is -2.52. The maximum Gasteiger partial charge on any atom is 0.265 e. The molecule has 0 rings (SSSR count). The van der Waals surface area contributed by atoms with Crippen LogP contribution in [0.2, 0.25) is 0 Å². The molecule has 0 aliphatic carbocycles. The van der Waals surface area contributed by atoms with Gasteiger partial charge in [0.1, 0.15) is 18.3 Å². The topological polar surface area (TPSA) is 153 Å². The SMILES string of the molecule is NNC(=O)[C@@H](O)[C@@H](O)[C@H](O)[C@@H](O)C=O. The smallest absolute Gasteiger partial charge is 0.265 e. The van der Waals surface area contributed by atoms with Gasteiger partial charge in [0.05, 0.1) is 0 Å². The molecule has 0 aliphatic rings. The number of hydrazine groups is 1. The molecule has 0 aromatic heterocycles. The Bertz CT molecular complexity index is 210. The predicted octanol–water partition coefficient (Wildman–Crippen LogP) is -4.38. The van der Waals surface area contributed by atoms with Crippen LogP contribution >= 0.6 is 0 Å². The number of carbonyl (C=O) groups is 2. The van der Waals surface area contributed by atoms with Crippen LogP contribution in [0.1, 0.15) is 0 Å². The van der Waals surface area contributed by atoms with Gasteiger partial charge >= 0.3 is 0 Å². The monoisotopic (exact) mass is 208 g/mol. The predicted molar refractivity (Wildman–Crippen MR) is 42.4 cm³/mol. The van der Waals surface area contributed by atoms with Crippen molar-refractivity contribution in [3.05, 3.63) is 0 Å². The van der Waals surface area contributed by atoms with Gasteiger partial charge in [0.2, 0.25) is 0 Å². The molecule has 14 heavy (non-hydrogen) atoms. The molecule has 8 heteroatoms. The number of aldehydes is 1. The summed E-state index contributed by atoms with van der Waals surface area (Å²) in [6.07, 6.45) is -7.91. The zero-order chi connectivity index (χ0) is 11.3. The highest BCUT2D eigenvalue weighted by Gasteiger charge is 2.33. The molecule has 0 radical (unpaired) electrons. The Morgan fingerprint density at radius 3 is 2.07 bits per heavy atom. The first-order valence-corrected chi connectivity index (χ1v) is 3.63. The third-order valence-electron chi connectivity index (χ3n) is 1.57. The maximum absolute atomic E-state index is 10.6. The number of aliphatic hydroxyl groups excluding tert-OH is 4. The fourth-order valence-corrected chi connectivity index (χ4v) is 0.710. The van der Waals surface area contributed by atoms with Crippen molar-refractivity contribution in [1.29, 1.82) is 0 Å². The lowest BCUT2D eigenvalue weighted by molar-refractivity contribution is -0.149. The number of nitrogens with one attached hydrogen (secondary N) is 1. The molecule has 0 unspecified atom stereocenters. The van der Waals surface area contributed by atoms with Crippen molar-refractivity contribution in [3.8, 4) is 0 Å². The lowest BCUT2D eigenvalue weighted by atomic mass is 10.0. The molecule has 1 amide bonds. The summed E-state index contributed by atoms with van der Waals surface area (Å²) in [7, 11) is 0. The van der Waals surface area contributed by atoms with Crippen LogP contribution in [0.3, 0.4) is 0 Å². The van der Waals surface area contributed by atoms with E-state index < -0.39 is 30.3 Å². The lowest BCUT2D eigenvalue weighted by Gasteiger charge is -2.22. The van der Waals surface area contributed by atoms with Crippen molar-refractivity contribution in [2.24, 2.45) is 5.84 Å². The van der Waals surface area contributed by atoms with E-state index in [0.29, 0.717) is 0 Å². The highest BCUT2D eigenvalue weighted by Crippen LogP contribution is 2.03. The van der Waals surface area contributed by atoms with E-state index in [1.165, 1.54) is 5.43 Å². The van der Waals surface area contributed by atoms with Crippen LogP contribution < -0.4 is 11.3 Å². The number of carbonyl (C=O) groups excluding carboxylic acids is 2. The molecule has 0 saturated heterocycles. The van der Waals surface area contributed by atoms with Crippen molar-refractivity contribution >= 4 is 12.2 Å². The van der Waals surface area contributed by atoms with E-state index in [4.69, 9.17) is 20.4 Å². The van der Waals surface area contributed by atoms with Crippen LogP contribution in [-0.4, -0.2) is 57.0 Å². The molecule has 0 fully saturated rings. The molecule has 8 nitrogen and oxygen atoms in total. The molecule has 0 aromatic carbocycles. The number of nitrogens with two attached hydrogens (primary N) is 1. The van der Waals surface area contributed by atoms with Crippen molar-refractivity contribution in [3.63, 3.8) is 0 Å². The number of hydrogen-bond donors (Lipinski definition) is 6. The highest BCUT2D eigenvalue weighted by molar-refractivity contribution is 5.80. The van der Waals surface area contributed by atoms with Crippen molar-refractivity contribution < 1.29 is 30.0 Å². The fourth-order valence-electron chi connectivity index (χ4n) is 0.710. The van der Waals surface area contributed by atoms with E-state index in [2.05, 4.69) is 5.84 Å². The van der Waals surface area contributed by atoms with Gasteiger partial charge in [-0.25, -0.2) is 5.84 Å².